The Kier molecular flexibility index (Phi) is 7.96. The number of anilines is 2. The van der Waals surface area contributed by atoms with Crippen LogP contribution < -0.4 is 16.0 Å². The fourth-order valence-corrected chi connectivity index (χ4v) is 3.41. The molecule has 0 bridgehead atoms. The van der Waals surface area contributed by atoms with Crippen molar-refractivity contribution in [1.82, 2.24) is 15.3 Å². The molecule has 0 unspecified atom stereocenters. The van der Waals surface area contributed by atoms with Crippen LogP contribution in [0.15, 0.2) is 30.5 Å². The van der Waals surface area contributed by atoms with E-state index in [2.05, 4.69) is 32.8 Å². The molecule has 4 N–H and O–H groups in total. The number of carbonyl (C=O) groups is 1. The quantitative estimate of drug-likeness (QED) is 0.468. The van der Waals surface area contributed by atoms with Crippen LogP contribution >= 0.6 is 0 Å². The molecular formula is C22H30FN5O2. The monoisotopic (exact) mass is 415 g/mol. The fraction of sp³-hybridized carbons (Fsp3) is 0.500. The van der Waals surface area contributed by atoms with Gasteiger partial charge in [0.15, 0.2) is 0 Å². The summed E-state index contributed by atoms with van der Waals surface area (Å²) in [6.45, 7) is 3.16. The van der Waals surface area contributed by atoms with E-state index in [1.807, 2.05) is 0 Å². The van der Waals surface area contributed by atoms with E-state index < -0.39 is 0 Å². The molecule has 1 saturated carbocycles. The largest absolute Gasteiger partial charge is 0.393 e. The average molecular weight is 416 g/mol. The van der Waals surface area contributed by atoms with Crippen molar-refractivity contribution in [3.05, 3.63) is 47.4 Å². The Morgan fingerprint density at radius 1 is 1.20 bits per heavy atom. The molecule has 0 aliphatic heterocycles. The smallest absolute Gasteiger partial charge is 0.256 e. The number of benzene rings is 1. The number of aliphatic hydroxyl groups is 1. The maximum Gasteiger partial charge on any atom is 0.256 e. The highest BCUT2D eigenvalue weighted by molar-refractivity contribution is 5.98. The van der Waals surface area contributed by atoms with Gasteiger partial charge in [-0.25, -0.2) is 9.37 Å². The van der Waals surface area contributed by atoms with Crippen molar-refractivity contribution < 1.29 is 14.3 Å². The third-order valence-corrected chi connectivity index (χ3v) is 5.25. The second kappa shape index (κ2) is 10.9. The van der Waals surface area contributed by atoms with Gasteiger partial charge in [-0.3, -0.25) is 4.79 Å². The molecule has 30 heavy (non-hydrogen) atoms. The highest BCUT2D eigenvalue weighted by Gasteiger charge is 2.22. The summed E-state index contributed by atoms with van der Waals surface area (Å²) >= 11 is 0. The van der Waals surface area contributed by atoms with Crippen LogP contribution in [-0.4, -0.2) is 39.7 Å². The number of hydrogen-bond acceptors (Lipinski definition) is 6. The zero-order chi connectivity index (χ0) is 21.3. The maximum atomic E-state index is 13.1. The van der Waals surface area contributed by atoms with Gasteiger partial charge in [0.05, 0.1) is 6.10 Å². The zero-order valence-electron chi connectivity index (χ0n) is 17.3. The first-order valence-corrected chi connectivity index (χ1v) is 10.6. The molecule has 1 aliphatic carbocycles. The van der Waals surface area contributed by atoms with Gasteiger partial charge >= 0.3 is 0 Å². The van der Waals surface area contributed by atoms with Crippen LogP contribution in [0.4, 0.5) is 16.2 Å². The van der Waals surface area contributed by atoms with Crippen molar-refractivity contribution in [2.24, 2.45) is 0 Å². The first kappa shape index (κ1) is 22.0. The van der Waals surface area contributed by atoms with Gasteiger partial charge in [0.1, 0.15) is 17.2 Å². The van der Waals surface area contributed by atoms with Gasteiger partial charge in [-0.2, -0.15) is 4.98 Å². The van der Waals surface area contributed by atoms with Crippen molar-refractivity contribution >= 4 is 17.7 Å². The Morgan fingerprint density at radius 2 is 1.93 bits per heavy atom. The molecule has 3 rings (SSSR count). The Balaban J connectivity index is 1.71. The predicted octanol–water partition coefficient (Wildman–Crippen LogP) is 3.47. The van der Waals surface area contributed by atoms with Gasteiger partial charge < -0.3 is 21.1 Å². The van der Waals surface area contributed by atoms with Crippen molar-refractivity contribution in [3.8, 4) is 0 Å². The number of nitrogens with one attached hydrogen (secondary N) is 3. The number of halogens is 1. The van der Waals surface area contributed by atoms with Crippen molar-refractivity contribution in [1.29, 1.82) is 0 Å². The van der Waals surface area contributed by atoms with E-state index in [1.54, 1.807) is 12.1 Å². The topological polar surface area (TPSA) is 99.2 Å². The second-order valence-corrected chi connectivity index (χ2v) is 7.70. The first-order valence-electron chi connectivity index (χ1n) is 10.6. The van der Waals surface area contributed by atoms with E-state index in [-0.39, 0.29) is 30.4 Å². The fourth-order valence-electron chi connectivity index (χ4n) is 3.41. The SMILES string of the molecule is CCCCNc1ncc(C(=O)NCc2ccc(F)cc2)c(N[C@H]2CC[C@H](O)CC2)n1. The molecule has 1 amide bonds. The lowest BCUT2D eigenvalue weighted by Crippen LogP contribution is -2.31. The molecule has 1 aromatic heterocycles. The molecule has 1 aliphatic rings. The minimum atomic E-state index is -0.311. The van der Waals surface area contributed by atoms with Crippen LogP contribution in [0.25, 0.3) is 0 Å². The molecule has 0 spiro atoms. The first-order chi connectivity index (χ1) is 14.5. The molecule has 1 aromatic carbocycles. The molecule has 0 atom stereocenters. The van der Waals surface area contributed by atoms with Gasteiger partial charge in [-0.15, -0.1) is 0 Å². The number of carbonyl (C=O) groups excluding carboxylic acids is 1. The number of aliphatic hydroxyl groups excluding tert-OH is 1. The van der Waals surface area contributed by atoms with Crippen LogP contribution in [0.1, 0.15) is 61.4 Å². The zero-order valence-corrected chi connectivity index (χ0v) is 17.3. The van der Waals surface area contributed by atoms with Crippen LogP contribution in [-0.2, 0) is 6.54 Å². The van der Waals surface area contributed by atoms with E-state index in [0.717, 1.165) is 50.6 Å². The van der Waals surface area contributed by atoms with Crippen molar-refractivity contribution in [3.63, 3.8) is 0 Å². The normalized spacial score (nSPS) is 18.6. The van der Waals surface area contributed by atoms with E-state index in [0.29, 0.717) is 17.3 Å². The molecule has 1 fully saturated rings. The third-order valence-electron chi connectivity index (χ3n) is 5.25. The molecule has 7 nitrogen and oxygen atoms in total. The van der Waals surface area contributed by atoms with Crippen LogP contribution in [0.5, 0.6) is 0 Å². The third kappa shape index (κ3) is 6.38. The summed E-state index contributed by atoms with van der Waals surface area (Å²) < 4.78 is 13.1. The predicted molar refractivity (Wildman–Crippen MR) is 115 cm³/mol. The molecule has 162 valence electrons. The van der Waals surface area contributed by atoms with Gasteiger partial charge in [0.2, 0.25) is 5.95 Å². The summed E-state index contributed by atoms with van der Waals surface area (Å²) in [5.41, 5.74) is 1.17. The summed E-state index contributed by atoms with van der Waals surface area (Å²) in [5.74, 6) is 0.366. The molecule has 8 heteroatoms. The highest BCUT2D eigenvalue weighted by atomic mass is 19.1. The average Bonchev–Trinajstić information content (AvgIpc) is 2.75. The van der Waals surface area contributed by atoms with E-state index >= 15 is 0 Å². The highest BCUT2D eigenvalue weighted by Crippen LogP contribution is 2.24. The van der Waals surface area contributed by atoms with E-state index in [1.165, 1.54) is 18.3 Å². The summed E-state index contributed by atoms with van der Waals surface area (Å²) in [5, 5.41) is 19.2. The summed E-state index contributed by atoms with van der Waals surface area (Å²) in [4.78, 5) is 21.6. The number of nitrogens with zero attached hydrogens (tertiary/aromatic N) is 2. The lowest BCUT2D eigenvalue weighted by Gasteiger charge is -2.27. The molecular weight excluding hydrogens is 385 g/mol. The second-order valence-electron chi connectivity index (χ2n) is 7.70. The van der Waals surface area contributed by atoms with Gasteiger partial charge in [-0.05, 0) is 49.8 Å². The minimum absolute atomic E-state index is 0.149. The Labute approximate surface area is 176 Å². The van der Waals surface area contributed by atoms with Gasteiger partial charge in [-0.1, -0.05) is 25.5 Å². The summed E-state index contributed by atoms with van der Waals surface area (Å²) in [6.07, 6.45) is 6.45. The van der Waals surface area contributed by atoms with Crippen LogP contribution in [0, 0.1) is 5.82 Å². The number of aromatic nitrogens is 2. The molecule has 2 aromatic rings. The number of unbranched alkanes of at least 4 members (excludes halogenated alkanes) is 1. The number of rotatable bonds is 9. The molecule has 1 heterocycles. The Bertz CT molecular complexity index is 823. The van der Waals surface area contributed by atoms with E-state index in [9.17, 15) is 14.3 Å². The van der Waals surface area contributed by atoms with Gasteiger partial charge in [0.25, 0.3) is 5.91 Å². The molecule has 0 saturated heterocycles. The minimum Gasteiger partial charge on any atom is -0.393 e. The number of hydrogen-bond donors (Lipinski definition) is 4. The van der Waals surface area contributed by atoms with Crippen molar-refractivity contribution in [2.45, 2.75) is 64.1 Å². The number of amides is 1. The molecule has 0 radical (unpaired) electrons. The lowest BCUT2D eigenvalue weighted by molar-refractivity contribution is 0.0950. The van der Waals surface area contributed by atoms with Crippen molar-refractivity contribution in [2.75, 3.05) is 17.2 Å². The standard InChI is InChI=1S/C22H30FN5O2/c1-2-3-12-24-22-26-14-19(20(28-22)27-17-8-10-18(29)11-9-17)21(30)25-13-15-4-6-16(23)7-5-15/h4-7,14,17-18,29H,2-3,8-13H2,1H3,(H,25,30)(H2,24,26,27,28)/t17-,18-. The van der Waals surface area contributed by atoms with Crippen LogP contribution in [0.2, 0.25) is 0 Å². The van der Waals surface area contributed by atoms with Gasteiger partial charge in [0, 0.05) is 25.3 Å². The van der Waals surface area contributed by atoms with E-state index in [4.69, 9.17) is 0 Å². The maximum absolute atomic E-state index is 13.1. The van der Waals surface area contributed by atoms with Crippen LogP contribution in [0.3, 0.4) is 0 Å². The lowest BCUT2D eigenvalue weighted by atomic mass is 9.93. The Hall–Kier alpha value is -2.74. The Morgan fingerprint density at radius 3 is 2.63 bits per heavy atom. The summed E-state index contributed by atoms with van der Waals surface area (Å²) in [6, 6.07) is 6.16. The summed E-state index contributed by atoms with van der Waals surface area (Å²) in [7, 11) is 0.